The standard InChI is InChI=1S/C22H24Cl2N6O3/c1-25-19(31)12-33-18-10-13-9-15(3-4-17(13)29(2)21(18)32)27-20-16(24)11-26-22(28-20)30-7-5-14(23)6-8-30/h3-4,9-11,14H,5-8,12H2,1-2H3,(H,25,31)(H,26,27,28). The maximum Gasteiger partial charge on any atom is 0.293 e. The third kappa shape index (κ3) is 5.15. The second-order valence-electron chi connectivity index (χ2n) is 7.76. The number of carbonyl (C=O) groups is 1. The summed E-state index contributed by atoms with van der Waals surface area (Å²) in [5, 5.41) is 7.03. The van der Waals surface area contributed by atoms with E-state index >= 15 is 0 Å². The van der Waals surface area contributed by atoms with Crippen LogP contribution in [0, 0.1) is 0 Å². The fourth-order valence-electron chi connectivity index (χ4n) is 3.63. The van der Waals surface area contributed by atoms with Crippen LogP contribution in [0.1, 0.15) is 12.8 Å². The first kappa shape index (κ1) is 23.1. The van der Waals surface area contributed by atoms with Crippen LogP contribution in [0.25, 0.3) is 10.9 Å². The summed E-state index contributed by atoms with van der Waals surface area (Å²) in [6.07, 6.45) is 3.34. The van der Waals surface area contributed by atoms with Crippen LogP contribution in [-0.4, -0.2) is 52.6 Å². The number of pyridine rings is 1. The van der Waals surface area contributed by atoms with Gasteiger partial charge in [0.1, 0.15) is 5.02 Å². The van der Waals surface area contributed by atoms with Gasteiger partial charge in [-0.25, -0.2) is 4.98 Å². The number of benzene rings is 1. The molecule has 0 unspecified atom stereocenters. The van der Waals surface area contributed by atoms with Crippen LogP contribution in [0.5, 0.6) is 5.75 Å². The Bertz CT molecular complexity index is 1240. The number of ether oxygens (including phenoxy) is 1. The lowest BCUT2D eigenvalue weighted by atomic mass is 10.1. The second-order valence-corrected chi connectivity index (χ2v) is 8.79. The Morgan fingerprint density at radius 3 is 2.76 bits per heavy atom. The van der Waals surface area contributed by atoms with E-state index in [2.05, 4.69) is 25.5 Å². The maximum absolute atomic E-state index is 12.6. The van der Waals surface area contributed by atoms with Gasteiger partial charge in [0.2, 0.25) is 5.95 Å². The van der Waals surface area contributed by atoms with Gasteiger partial charge in [0.05, 0.1) is 11.7 Å². The van der Waals surface area contributed by atoms with E-state index in [1.165, 1.54) is 11.6 Å². The summed E-state index contributed by atoms with van der Waals surface area (Å²) in [5.74, 6) is 0.848. The summed E-state index contributed by atoms with van der Waals surface area (Å²) in [6.45, 7) is 1.34. The minimum absolute atomic E-state index is 0.0933. The first-order valence-corrected chi connectivity index (χ1v) is 11.3. The molecule has 174 valence electrons. The molecule has 0 atom stereocenters. The van der Waals surface area contributed by atoms with E-state index in [4.69, 9.17) is 27.9 Å². The van der Waals surface area contributed by atoms with Gasteiger partial charge in [-0.3, -0.25) is 9.59 Å². The van der Waals surface area contributed by atoms with Gasteiger partial charge in [-0.1, -0.05) is 11.6 Å². The van der Waals surface area contributed by atoms with E-state index in [9.17, 15) is 9.59 Å². The zero-order valence-corrected chi connectivity index (χ0v) is 19.8. The molecule has 0 saturated carbocycles. The Balaban J connectivity index is 1.61. The average Bonchev–Trinajstić information content (AvgIpc) is 2.82. The summed E-state index contributed by atoms with van der Waals surface area (Å²) < 4.78 is 6.90. The molecule has 3 aromatic rings. The smallest absolute Gasteiger partial charge is 0.293 e. The van der Waals surface area contributed by atoms with Crippen molar-refractivity contribution in [1.29, 1.82) is 0 Å². The molecule has 4 rings (SSSR count). The number of aryl methyl sites for hydroxylation is 1. The zero-order chi connectivity index (χ0) is 23.5. The van der Waals surface area contributed by atoms with E-state index in [-0.39, 0.29) is 29.2 Å². The summed E-state index contributed by atoms with van der Waals surface area (Å²) in [5.41, 5.74) is 1.12. The quantitative estimate of drug-likeness (QED) is 0.511. The van der Waals surface area contributed by atoms with Gasteiger partial charge in [-0.15, -0.1) is 11.6 Å². The number of nitrogens with one attached hydrogen (secondary N) is 2. The molecule has 33 heavy (non-hydrogen) atoms. The molecular formula is C22H24Cl2N6O3. The lowest BCUT2D eigenvalue weighted by Crippen LogP contribution is -2.35. The van der Waals surface area contributed by atoms with Crippen molar-refractivity contribution < 1.29 is 9.53 Å². The van der Waals surface area contributed by atoms with Crippen molar-refractivity contribution in [3.05, 3.63) is 45.8 Å². The van der Waals surface area contributed by atoms with Crippen LogP contribution in [-0.2, 0) is 11.8 Å². The van der Waals surface area contributed by atoms with Gasteiger partial charge in [0.25, 0.3) is 11.5 Å². The number of nitrogens with zero attached hydrogens (tertiary/aromatic N) is 4. The number of alkyl halides is 1. The molecule has 1 amide bonds. The average molecular weight is 491 g/mol. The summed E-state index contributed by atoms with van der Waals surface area (Å²) in [6, 6.07) is 7.14. The number of anilines is 3. The lowest BCUT2D eigenvalue weighted by molar-refractivity contribution is -0.122. The second kappa shape index (κ2) is 9.84. The van der Waals surface area contributed by atoms with Crippen molar-refractivity contribution in [3.63, 3.8) is 0 Å². The molecule has 1 aromatic carbocycles. The number of halogens is 2. The Labute approximate surface area is 200 Å². The highest BCUT2D eigenvalue weighted by Crippen LogP contribution is 2.28. The molecule has 0 aliphatic carbocycles. The molecule has 2 aromatic heterocycles. The SMILES string of the molecule is CNC(=O)COc1cc2cc(Nc3nc(N4CCC(Cl)CC4)ncc3Cl)ccc2n(C)c1=O. The van der Waals surface area contributed by atoms with Crippen LogP contribution in [0.4, 0.5) is 17.5 Å². The highest BCUT2D eigenvalue weighted by Gasteiger charge is 2.20. The predicted molar refractivity (Wildman–Crippen MR) is 130 cm³/mol. The summed E-state index contributed by atoms with van der Waals surface area (Å²) >= 11 is 12.6. The van der Waals surface area contributed by atoms with E-state index in [0.717, 1.165) is 42.5 Å². The van der Waals surface area contributed by atoms with E-state index in [0.29, 0.717) is 16.8 Å². The van der Waals surface area contributed by atoms with Gasteiger partial charge in [0.15, 0.2) is 18.2 Å². The number of fused-ring (bicyclic) bond motifs is 1. The fraction of sp³-hybridized carbons (Fsp3) is 0.364. The molecular weight excluding hydrogens is 467 g/mol. The molecule has 0 radical (unpaired) electrons. The molecule has 11 heteroatoms. The normalized spacial score (nSPS) is 14.4. The molecule has 1 aliphatic rings. The van der Waals surface area contributed by atoms with Crippen molar-refractivity contribution in [2.75, 3.05) is 37.0 Å². The molecule has 1 saturated heterocycles. The molecule has 9 nitrogen and oxygen atoms in total. The molecule has 0 bridgehead atoms. The van der Waals surface area contributed by atoms with E-state index < -0.39 is 0 Å². The molecule has 1 aliphatic heterocycles. The number of piperidine rings is 1. The maximum atomic E-state index is 12.6. The lowest BCUT2D eigenvalue weighted by Gasteiger charge is -2.29. The van der Waals surface area contributed by atoms with Crippen LogP contribution in [0.15, 0.2) is 35.3 Å². The van der Waals surface area contributed by atoms with Crippen LogP contribution in [0.2, 0.25) is 5.02 Å². The van der Waals surface area contributed by atoms with Crippen molar-refractivity contribution in [2.24, 2.45) is 7.05 Å². The zero-order valence-electron chi connectivity index (χ0n) is 18.3. The minimum atomic E-state index is -0.323. The Morgan fingerprint density at radius 1 is 1.27 bits per heavy atom. The summed E-state index contributed by atoms with van der Waals surface area (Å²) in [7, 11) is 3.16. The van der Waals surface area contributed by atoms with Gasteiger partial charge in [-0.2, -0.15) is 4.98 Å². The Morgan fingerprint density at radius 2 is 2.03 bits per heavy atom. The third-order valence-electron chi connectivity index (χ3n) is 5.53. The topological polar surface area (TPSA) is 101 Å². The van der Waals surface area contributed by atoms with Crippen molar-refractivity contribution >= 4 is 57.5 Å². The largest absolute Gasteiger partial charge is 0.478 e. The van der Waals surface area contributed by atoms with Crippen LogP contribution < -0.4 is 25.8 Å². The predicted octanol–water partition coefficient (Wildman–Crippen LogP) is 3.06. The van der Waals surface area contributed by atoms with Crippen molar-refractivity contribution in [3.8, 4) is 5.75 Å². The number of carbonyl (C=O) groups excluding carboxylic acids is 1. The van der Waals surface area contributed by atoms with Crippen LogP contribution in [0.3, 0.4) is 0 Å². The number of hydrogen-bond donors (Lipinski definition) is 2. The Kier molecular flexibility index (Phi) is 6.90. The summed E-state index contributed by atoms with van der Waals surface area (Å²) in [4.78, 5) is 35.1. The number of rotatable bonds is 6. The highest BCUT2D eigenvalue weighted by molar-refractivity contribution is 6.32. The van der Waals surface area contributed by atoms with E-state index in [1.807, 2.05) is 18.2 Å². The van der Waals surface area contributed by atoms with Gasteiger partial charge in [-0.05, 0) is 37.1 Å². The number of amides is 1. The van der Waals surface area contributed by atoms with Crippen molar-refractivity contribution in [1.82, 2.24) is 19.9 Å². The monoisotopic (exact) mass is 490 g/mol. The molecule has 2 N–H and O–H groups in total. The molecule has 3 heterocycles. The third-order valence-corrected chi connectivity index (χ3v) is 6.24. The molecule has 0 spiro atoms. The van der Waals surface area contributed by atoms with Gasteiger partial charge >= 0.3 is 0 Å². The first-order valence-electron chi connectivity index (χ1n) is 10.5. The number of hydrogen-bond acceptors (Lipinski definition) is 7. The Hall–Kier alpha value is -3.04. The molecule has 1 fully saturated rings. The fourth-order valence-corrected chi connectivity index (χ4v) is 3.97. The highest BCUT2D eigenvalue weighted by atomic mass is 35.5. The first-order chi connectivity index (χ1) is 15.9. The number of likely N-dealkylation sites (N-methyl/N-ethyl adjacent to an activating group) is 1. The minimum Gasteiger partial charge on any atom is -0.478 e. The van der Waals surface area contributed by atoms with Gasteiger partial charge in [0, 0.05) is 43.6 Å². The van der Waals surface area contributed by atoms with Gasteiger partial charge < -0.3 is 24.8 Å². The van der Waals surface area contributed by atoms with E-state index in [1.54, 1.807) is 19.3 Å². The van der Waals surface area contributed by atoms with Crippen LogP contribution >= 0.6 is 23.2 Å². The van der Waals surface area contributed by atoms with Crippen molar-refractivity contribution in [2.45, 2.75) is 18.2 Å². The number of aromatic nitrogens is 3.